The summed E-state index contributed by atoms with van der Waals surface area (Å²) < 4.78 is 48.3. The van der Waals surface area contributed by atoms with Crippen LogP contribution in [0, 0.1) is 0 Å². The summed E-state index contributed by atoms with van der Waals surface area (Å²) in [5.74, 6) is -3.94. The average Bonchev–Trinajstić information content (AvgIpc) is 3.23. The molecule has 2 rings (SSSR count). The van der Waals surface area contributed by atoms with Crippen LogP contribution in [-0.2, 0) is 14.6 Å². The summed E-state index contributed by atoms with van der Waals surface area (Å²) in [6.07, 6.45) is 2.34. The minimum absolute atomic E-state index is 0.116. The number of hydrogen-bond acceptors (Lipinski definition) is 4. The van der Waals surface area contributed by atoms with Gasteiger partial charge in [-0.15, -0.1) is 0 Å². The largest absolute Gasteiger partial charge is 0.341 e. The fourth-order valence-electron chi connectivity index (χ4n) is 1.80. The Kier molecular flexibility index (Phi) is 4.89. The first kappa shape index (κ1) is 15.8. The lowest BCUT2D eigenvalue weighted by molar-refractivity contribution is -0.116. The first-order valence-electron chi connectivity index (χ1n) is 6.55. The van der Waals surface area contributed by atoms with Crippen molar-refractivity contribution in [2.75, 3.05) is 11.9 Å². The Balaban J connectivity index is 2.03. The maximum Gasteiger partial charge on any atom is 0.341 e. The van der Waals surface area contributed by atoms with Gasteiger partial charge in [-0.05, 0) is 25.0 Å². The first-order valence-corrected chi connectivity index (χ1v) is 8.10. The van der Waals surface area contributed by atoms with E-state index in [1.165, 1.54) is 18.2 Å². The van der Waals surface area contributed by atoms with E-state index in [0.29, 0.717) is 12.6 Å². The van der Waals surface area contributed by atoms with Crippen LogP contribution >= 0.6 is 0 Å². The van der Waals surface area contributed by atoms with Crippen molar-refractivity contribution in [2.24, 2.45) is 0 Å². The quantitative estimate of drug-likeness (QED) is 0.803. The van der Waals surface area contributed by atoms with Gasteiger partial charge in [0.1, 0.15) is 0 Å². The lowest BCUT2D eigenvalue weighted by Gasteiger charge is -2.11. The van der Waals surface area contributed by atoms with Crippen LogP contribution in [0.5, 0.6) is 0 Å². The van der Waals surface area contributed by atoms with Gasteiger partial charge in [-0.2, -0.15) is 8.78 Å². The third-order valence-electron chi connectivity index (χ3n) is 3.06. The molecule has 0 heterocycles. The second kappa shape index (κ2) is 6.48. The molecule has 0 atom stereocenters. The van der Waals surface area contributed by atoms with Crippen molar-refractivity contribution in [1.82, 2.24) is 5.32 Å². The third-order valence-corrected chi connectivity index (χ3v) is 4.50. The molecule has 1 amide bonds. The van der Waals surface area contributed by atoms with E-state index in [0.717, 1.165) is 18.9 Å². The normalized spacial score (nSPS) is 15.2. The molecule has 0 aliphatic heterocycles. The molecular weight excluding hydrogens is 302 g/mol. The Bertz CT molecular complexity index is 616. The van der Waals surface area contributed by atoms with Crippen LogP contribution in [0.25, 0.3) is 0 Å². The number of nitrogens with one attached hydrogen (secondary N) is 2. The van der Waals surface area contributed by atoms with Crippen molar-refractivity contribution in [3.63, 3.8) is 0 Å². The van der Waals surface area contributed by atoms with Gasteiger partial charge in [-0.25, -0.2) is 8.42 Å². The van der Waals surface area contributed by atoms with E-state index in [4.69, 9.17) is 0 Å². The Morgan fingerprint density at radius 2 is 1.95 bits per heavy atom. The third kappa shape index (κ3) is 4.21. The van der Waals surface area contributed by atoms with Gasteiger partial charge < -0.3 is 10.6 Å². The number of rotatable bonds is 7. The van der Waals surface area contributed by atoms with E-state index in [9.17, 15) is 22.0 Å². The molecular formula is C13H16F2N2O3S. The molecule has 0 saturated heterocycles. The highest BCUT2D eigenvalue weighted by molar-refractivity contribution is 7.91. The number of halogens is 2. The van der Waals surface area contributed by atoms with Gasteiger partial charge in [0.2, 0.25) is 15.7 Å². The molecule has 8 heteroatoms. The SMILES string of the molecule is O=C(CCNC1CC1)Nc1ccccc1S(=O)(=O)C(F)F. The molecule has 1 aliphatic rings. The van der Waals surface area contributed by atoms with E-state index < -0.39 is 26.4 Å². The van der Waals surface area contributed by atoms with Gasteiger partial charge in [0.25, 0.3) is 0 Å². The summed E-state index contributed by atoms with van der Waals surface area (Å²) in [5, 5.41) is 5.51. The minimum Gasteiger partial charge on any atom is -0.325 e. The topological polar surface area (TPSA) is 75.3 Å². The fraction of sp³-hybridized carbons (Fsp3) is 0.462. The second-order valence-corrected chi connectivity index (χ2v) is 6.71. The number of hydrogen-bond donors (Lipinski definition) is 2. The van der Waals surface area contributed by atoms with Crippen LogP contribution in [0.2, 0.25) is 0 Å². The number of alkyl halides is 2. The number of anilines is 1. The maximum absolute atomic E-state index is 12.6. The summed E-state index contributed by atoms with van der Waals surface area (Å²) in [6.45, 7) is 0.472. The van der Waals surface area contributed by atoms with Crippen molar-refractivity contribution in [1.29, 1.82) is 0 Å². The number of para-hydroxylation sites is 1. The monoisotopic (exact) mass is 318 g/mol. The van der Waals surface area contributed by atoms with Gasteiger partial charge in [0.15, 0.2) is 0 Å². The lowest BCUT2D eigenvalue weighted by atomic mass is 10.3. The Morgan fingerprint density at radius 1 is 1.29 bits per heavy atom. The number of sulfone groups is 1. The van der Waals surface area contributed by atoms with E-state index in [-0.39, 0.29) is 12.1 Å². The number of amides is 1. The molecule has 116 valence electrons. The van der Waals surface area contributed by atoms with Gasteiger partial charge in [-0.3, -0.25) is 4.79 Å². The van der Waals surface area contributed by atoms with Crippen LogP contribution in [0.4, 0.5) is 14.5 Å². The van der Waals surface area contributed by atoms with Crippen LogP contribution in [0.15, 0.2) is 29.2 Å². The first-order chi connectivity index (χ1) is 9.91. The molecule has 0 aromatic heterocycles. The second-order valence-electron chi connectivity index (χ2n) is 4.83. The lowest BCUT2D eigenvalue weighted by Crippen LogP contribution is -2.24. The molecule has 0 radical (unpaired) electrons. The zero-order chi connectivity index (χ0) is 15.5. The van der Waals surface area contributed by atoms with Gasteiger partial charge in [-0.1, -0.05) is 12.1 Å². The zero-order valence-corrected chi connectivity index (χ0v) is 12.0. The molecule has 21 heavy (non-hydrogen) atoms. The van der Waals surface area contributed by atoms with E-state index in [1.807, 2.05) is 0 Å². The molecule has 1 aromatic carbocycles. The number of benzene rings is 1. The van der Waals surface area contributed by atoms with Crippen LogP contribution in [-0.4, -0.2) is 32.7 Å². The van der Waals surface area contributed by atoms with Crippen LogP contribution in [0.3, 0.4) is 0 Å². The zero-order valence-electron chi connectivity index (χ0n) is 11.2. The predicted molar refractivity (Wildman–Crippen MR) is 73.9 cm³/mol. The predicted octanol–water partition coefficient (Wildman–Crippen LogP) is 1.76. The Labute approximate surface area is 121 Å². The highest BCUT2D eigenvalue weighted by Crippen LogP contribution is 2.26. The molecule has 0 unspecified atom stereocenters. The number of carbonyl (C=O) groups is 1. The van der Waals surface area contributed by atoms with E-state index >= 15 is 0 Å². The van der Waals surface area contributed by atoms with Crippen LogP contribution in [0.1, 0.15) is 19.3 Å². The van der Waals surface area contributed by atoms with Crippen molar-refractivity contribution in [3.05, 3.63) is 24.3 Å². The van der Waals surface area contributed by atoms with Gasteiger partial charge in [0, 0.05) is 19.0 Å². The Hall–Kier alpha value is -1.54. The number of carbonyl (C=O) groups excluding carboxylic acids is 1. The summed E-state index contributed by atoms with van der Waals surface area (Å²) in [4.78, 5) is 11.2. The van der Waals surface area contributed by atoms with Crippen molar-refractivity contribution < 1.29 is 22.0 Å². The summed E-state index contributed by atoms with van der Waals surface area (Å²) in [7, 11) is -4.74. The molecule has 0 spiro atoms. The molecule has 1 aliphatic carbocycles. The summed E-state index contributed by atoms with van der Waals surface area (Å²) in [6, 6.07) is 5.62. The molecule has 2 N–H and O–H groups in total. The van der Waals surface area contributed by atoms with E-state index in [1.54, 1.807) is 0 Å². The average molecular weight is 318 g/mol. The van der Waals surface area contributed by atoms with Crippen LogP contribution < -0.4 is 10.6 Å². The standard InChI is InChI=1S/C13H16F2N2O3S/c14-13(15)21(19,20)11-4-2-1-3-10(11)17-12(18)7-8-16-9-5-6-9/h1-4,9,13,16H,5-8H2,(H,17,18). The smallest absolute Gasteiger partial charge is 0.325 e. The van der Waals surface area contributed by atoms with Gasteiger partial charge in [0.05, 0.1) is 10.6 Å². The van der Waals surface area contributed by atoms with E-state index in [2.05, 4.69) is 10.6 Å². The molecule has 0 bridgehead atoms. The Morgan fingerprint density at radius 3 is 2.57 bits per heavy atom. The van der Waals surface area contributed by atoms with Crippen molar-refractivity contribution in [3.8, 4) is 0 Å². The highest BCUT2D eigenvalue weighted by Gasteiger charge is 2.29. The molecule has 1 fully saturated rings. The molecule has 1 saturated carbocycles. The minimum atomic E-state index is -4.74. The molecule has 5 nitrogen and oxygen atoms in total. The fourth-order valence-corrected chi connectivity index (χ4v) is 2.69. The summed E-state index contributed by atoms with van der Waals surface area (Å²) >= 11 is 0. The van der Waals surface area contributed by atoms with Gasteiger partial charge >= 0.3 is 5.76 Å². The van der Waals surface area contributed by atoms with Crippen molar-refractivity contribution in [2.45, 2.75) is 36.0 Å². The maximum atomic E-state index is 12.6. The summed E-state index contributed by atoms with van der Waals surface area (Å²) in [5.41, 5.74) is -0.116. The van der Waals surface area contributed by atoms with Crippen molar-refractivity contribution >= 4 is 21.4 Å². The molecule has 1 aromatic rings. The highest BCUT2D eigenvalue weighted by atomic mass is 32.2.